The fourth-order valence-electron chi connectivity index (χ4n) is 0.202. The average Bonchev–Trinajstić information content (AvgIpc) is 1.56. The number of hydrogen-bond acceptors (Lipinski definition) is 4. The maximum atomic E-state index is 9.81. The van der Waals surface area contributed by atoms with Crippen molar-refractivity contribution in [3.8, 4) is 0 Å². The highest BCUT2D eigenvalue weighted by Gasteiger charge is 1.93. The van der Waals surface area contributed by atoms with Crippen LogP contribution >= 0.6 is 0 Å². The first-order valence-electron chi connectivity index (χ1n) is 2.81. The summed E-state index contributed by atoms with van der Waals surface area (Å²) in [4.78, 5) is 28.8. The summed E-state index contributed by atoms with van der Waals surface area (Å²) in [5.41, 5.74) is 4.47. The number of nitrogens with two attached hydrogens (primary N) is 1. The molecule has 64 valence electrons. The number of esters is 2. The summed E-state index contributed by atoms with van der Waals surface area (Å²) in [7, 11) is 0. The van der Waals surface area contributed by atoms with Crippen LogP contribution in [0.1, 0.15) is 20.8 Å². The SMILES string of the molecule is CC(=O)OC(C)=O.CC(N)=O. The minimum atomic E-state index is -0.562. The van der Waals surface area contributed by atoms with Crippen molar-refractivity contribution >= 4 is 17.8 Å². The number of carbonyl (C=O) groups excluding carboxylic acids is 3. The van der Waals surface area contributed by atoms with E-state index in [0.717, 1.165) is 0 Å². The Bertz CT molecular complexity index is 148. The maximum Gasteiger partial charge on any atom is 0.310 e. The molecule has 0 aromatic heterocycles. The van der Waals surface area contributed by atoms with Crippen LogP contribution in [0.5, 0.6) is 0 Å². The lowest BCUT2D eigenvalue weighted by Gasteiger charge is -1.87. The molecule has 0 radical (unpaired) electrons. The van der Waals surface area contributed by atoms with Crippen LogP contribution in [0.4, 0.5) is 0 Å². The molecule has 0 aliphatic carbocycles. The van der Waals surface area contributed by atoms with Crippen molar-refractivity contribution in [1.82, 2.24) is 0 Å². The van der Waals surface area contributed by atoms with E-state index in [9.17, 15) is 14.4 Å². The molecule has 0 heterocycles. The summed E-state index contributed by atoms with van der Waals surface area (Å²) < 4.78 is 3.97. The van der Waals surface area contributed by atoms with Gasteiger partial charge in [0.2, 0.25) is 5.91 Å². The van der Waals surface area contributed by atoms with Gasteiger partial charge in [-0.05, 0) is 0 Å². The van der Waals surface area contributed by atoms with E-state index >= 15 is 0 Å². The molecular formula is C6H11NO4. The van der Waals surface area contributed by atoms with Crippen LogP contribution in [-0.2, 0) is 19.1 Å². The van der Waals surface area contributed by atoms with Crippen LogP contribution in [0, 0.1) is 0 Å². The molecule has 0 rings (SSSR count). The summed E-state index contributed by atoms with van der Waals surface area (Å²) >= 11 is 0. The van der Waals surface area contributed by atoms with E-state index < -0.39 is 11.9 Å². The number of rotatable bonds is 0. The van der Waals surface area contributed by atoms with Crippen molar-refractivity contribution in [2.45, 2.75) is 20.8 Å². The Hall–Kier alpha value is -1.39. The molecule has 0 unspecified atom stereocenters. The van der Waals surface area contributed by atoms with Gasteiger partial charge in [-0.15, -0.1) is 0 Å². The molecule has 0 atom stereocenters. The molecule has 0 fully saturated rings. The Morgan fingerprint density at radius 3 is 1.18 bits per heavy atom. The third-order valence-electron chi connectivity index (χ3n) is 0.287. The minimum Gasteiger partial charge on any atom is -0.394 e. The number of carbonyl (C=O) groups is 3. The van der Waals surface area contributed by atoms with E-state index in [2.05, 4.69) is 10.5 Å². The second-order valence-electron chi connectivity index (χ2n) is 1.70. The van der Waals surface area contributed by atoms with Crippen LogP contribution in [0.15, 0.2) is 0 Å². The lowest BCUT2D eigenvalue weighted by molar-refractivity contribution is -0.156. The zero-order chi connectivity index (χ0) is 9.44. The molecule has 0 saturated heterocycles. The van der Waals surface area contributed by atoms with Crippen LogP contribution in [-0.4, -0.2) is 17.8 Å². The van der Waals surface area contributed by atoms with Crippen molar-refractivity contribution in [2.75, 3.05) is 0 Å². The van der Waals surface area contributed by atoms with E-state index in [1.807, 2.05) is 0 Å². The first kappa shape index (κ1) is 12.3. The molecule has 0 saturated carbocycles. The van der Waals surface area contributed by atoms with Gasteiger partial charge < -0.3 is 10.5 Å². The van der Waals surface area contributed by atoms with Gasteiger partial charge in [-0.3, -0.25) is 14.4 Å². The first-order valence-corrected chi connectivity index (χ1v) is 2.81. The molecule has 2 N–H and O–H groups in total. The molecule has 11 heavy (non-hydrogen) atoms. The topological polar surface area (TPSA) is 86.5 Å². The maximum absolute atomic E-state index is 9.81. The molecule has 0 spiro atoms. The molecule has 5 nitrogen and oxygen atoms in total. The van der Waals surface area contributed by atoms with Crippen molar-refractivity contribution in [3.05, 3.63) is 0 Å². The molecule has 5 heteroatoms. The van der Waals surface area contributed by atoms with Crippen LogP contribution < -0.4 is 5.73 Å². The Morgan fingerprint density at radius 2 is 1.18 bits per heavy atom. The first-order chi connectivity index (χ1) is 4.86. The predicted octanol–water partition coefficient (Wildman–Crippen LogP) is -0.412. The van der Waals surface area contributed by atoms with Gasteiger partial charge >= 0.3 is 11.9 Å². The van der Waals surface area contributed by atoms with E-state index in [-0.39, 0.29) is 5.91 Å². The highest BCUT2D eigenvalue weighted by atomic mass is 16.6. The molecule has 0 aliphatic rings. The van der Waals surface area contributed by atoms with E-state index in [0.29, 0.717) is 0 Å². The smallest absolute Gasteiger partial charge is 0.310 e. The molecule has 0 aromatic carbocycles. The van der Waals surface area contributed by atoms with Gasteiger partial charge in [-0.1, -0.05) is 0 Å². The van der Waals surface area contributed by atoms with Gasteiger partial charge in [0.15, 0.2) is 0 Å². The van der Waals surface area contributed by atoms with Gasteiger partial charge in [0.1, 0.15) is 0 Å². The molecule has 0 aliphatic heterocycles. The van der Waals surface area contributed by atoms with Crippen LogP contribution in [0.25, 0.3) is 0 Å². The third-order valence-corrected chi connectivity index (χ3v) is 0.287. The summed E-state index contributed by atoms with van der Waals surface area (Å²) in [5, 5.41) is 0. The second kappa shape index (κ2) is 6.73. The molecular weight excluding hydrogens is 150 g/mol. The number of hydrogen-bond donors (Lipinski definition) is 1. The predicted molar refractivity (Wildman–Crippen MR) is 37.3 cm³/mol. The zero-order valence-corrected chi connectivity index (χ0v) is 6.71. The Morgan fingerprint density at radius 1 is 1.00 bits per heavy atom. The highest BCUT2D eigenvalue weighted by Crippen LogP contribution is 1.73. The number of primary amides is 1. The minimum absolute atomic E-state index is 0.333. The average molecular weight is 161 g/mol. The van der Waals surface area contributed by atoms with Crippen LogP contribution in [0.2, 0.25) is 0 Å². The van der Waals surface area contributed by atoms with Crippen molar-refractivity contribution in [3.63, 3.8) is 0 Å². The second-order valence-corrected chi connectivity index (χ2v) is 1.70. The Labute approximate surface area is 64.5 Å². The number of ether oxygens (including phenoxy) is 1. The summed E-state index contributed by atoms with van der Waals surface area (Å²) in [6.45, 7) is 3.67. The molecule has 0 bridgehead atoms. The van der Waals surface area contributed by atoms with Crippen LogP contribution in [0.3, 0.4) is 0 Å². The molecule has 0 aromatic rings. The monoisotopic (exact) mass is 161 g/mol. The van der Waals surface area contributed by atoms with Gasteiger partial charge in [0.25, 0.3) is 0 Å². The fourth-order valence-corrected chi connectivity index (χ4v) is 0.202. The van der Waals surface area contributed by atoms with E-state index in [4.69, 9.17) is 0 Å². The van der Waals surface area contributed by atoms with Crippen molar-refractivity contribution in [1.29, 1.82) is 0 Å². The van der Waals surface area contributed by atoms with Gasteiger partial charge in [0, 0.05) is 20.8 Å². The van der Waals surface area contributed by atoms with Crippen molar-refractivity contribution in [2.24, 2.45) is 5.73 Å². The largest absolute Gasteiger partial charge is 0.394 e. The van der Waals surface area contributed by atoms with Gasteiger partial charge in [-0.2, -0.15) is 0 Å². The quantitative estimate of drug-likeness (QED) is 0.386. The summed E-state index contributed by atoms with van der Waals surface area (Å²) in [5.74, 6) is -1.46. The standard InChI is InChI=1S/C4H6O3.C2H5NO/c1-3(5)7-4(2)6;1-2(3)4/h1-2H3;1H3,(H2,3,4). The number of amides is 1. The normalized spacial score (nSPS) is 7.18. The van der Waals surface area contributed by atoms with Crippen molar-refractivity contribution < 1.29 is 19.1 Å². The summed E-state index contributed by atoms with van der Waals surface area (Å²) in [6.07, 6.45) is 0. The van der Waals surface area contributed by atoms with Gasteiger partial charge in [0.05, 0.1) is 0 Å². The Kier molecular flexibility index (Phi) is 7.52. The van der Waals surface area contributed by atoms with E-state index in [1.54, 1.807) is 0 Å². The third kappa shape index (κ3) is 55.2. The zero-order valence-electron chi connectivity index (χ0n) is 6.71. The fraction of sp³-hybridized carbons (Fsp3) is 0.500. The van der Waals surface area contributed by atoms with E-state index in [1.165, 1.54) is 20.8 Å². The highest BCUT2D eigenvalue weighted by molar-refractivity contribution is 5.82. The lowest BCUT2D eigenvalue weighted by Crippen LogP contribution is -2.03. The molecule has 1 amide bonds. The summed E-state index contributed by atoms with van der Waals surface area (Å²) in [6, 6.07) is 0. The van der Waals surface area contributed by atoms with Gasteiger partial charge in [-0.25, -0.2) is 0 Å². The Balaban J connectivity index is 0. The lowest BCUT2D eigenvalue weighted by atomic mass is 10.7.